The third-order valence-corrected chi connectivity index (χ3v) is 12.4. The molecule has 0 atom stereocenters. The molecule has 0 unspecified atom stereocenters. The van der Waals surface area contributed by atoms with E-state index in [-0.39, 0.29) is 0 Å². The molecule has 7 nitrogen and oxygen atoms in total. The number of aromatic nitrogens is 6. The van der Waals surface area contributed by atoms with E-state index in [1.54, 1.807) is 12.4 Å². The molecule has 0 saturated heterocycles. The van der Waals surface area contributed by atoms with Crippen LogP contribution in [0, 0.1) is 0 Å². The number of fused-ring (bicyclic) bond motifs is 12. The fourth-order valence-electron chi connectivity index (χ4n) is 9.62. The fourth-order valence-corrected chi connectivity index (χ4v) is 9.62. The van der Waals surface area contributed by atoms with Gasteiger partial charge in [0.1, 0.15) is 11.3 Å². The fraction of sp³-hybridized carbons (Fsp3) is 0. The van der Waals surface area contributed by atoms with Crippen molar-refractivity contribution in [3.05, 3.63) is 213 Å². The van der Waals surface area contributed by atoms with Gasteiger partial charge >= 0.3 is 0 Å². The van der Waals surface area contributed by atoms with Crippen molar-refractivity contribution in [3.63, 3.8) is 0 Å². The lowest BCUT2D eigenvalue weighted by atomic mass is 10.0. The average molecular weight is 806 g/mol. The van der Waals surface area contributed by atoms with Crippen molar-refractivity contribution in [2.45, 2.75) is 0 Å². The van der Waals surface area contributed by atoms with Crippen molar-refractivity contribution in [2.24, 2.45) is 0 Å². The topological polar surface area (TPSA) is 64.7 Å². The van der Waals surface area contributed by atoms with Crippen LogP contribution in [0.2, 0.25) is 0 Å². The predicted molar refractivity (Wildman–Crippen MR) is 259 cm³/mol. The van der Waals surface area contributed by atoms with Gasteiger partial charge in [0.05, 0.1) is 38.6 Å². The number of pyridine rings is 2. The minimum absolute atomic E-state index is 0.759. The zero-order valence-electron chi connectivity index (χ0n) is 33.8. The Hall–Kier alpha value is -8.68. The van der Waals surface area contributed by atoms with Gasteiger partial charge in [0.2, 0.25) is 0 Å². The molecular weight excluding hydrogens is 771 g/mol. The van der Waals surface area contributed by atoms with Crippen LogP contribution in [0.4, 0.5) is 17.2 Å². The lowest BCUT2D eigenvalue weighted by molar-refractivity contribution is 1.15. The van der Waals surface area contributed by atoms with Crippen LogP contribution in [0.1, 0.15) is 0 Å². The Kier molecular flexibility index (Phi) is 7.77. The van der Waals surface area contributed by atoms with E-state index < -0.39 is 0 Å². The van der Waals surface area contributed by atoms with E-state index in [2.05, 4.69) is 190 Å². The molecule has 0 aliphatic heterocycles. The maximum absolute atomic E-state index is 5.50. The maximum atomic E-state index is 5.50. The summed E-state index contributed by atoms with van der Waals surface area (Å²) >= 11 is 0. The molecule has 63 heavy (non-hydrogen) atoms. The van der Waals surface area contributed by atoms with Crippen LogP contribution in [0.5, 0.6) is 0 Å². The van der Waals surface area contributed by atoms with Gasteiger partial charge in [0.25, 0.3) is 0 Å². The van der Waals surface area contributed by atoms with Gasteiger partial charge in [0, 0.05) is 79.2 Å². The number of hydrogen-bond donors (Lipinski definition) is 0. The van der Waals surface area contributed by atoms with Crippen LogP contribution < -0.4 is 4.90 Å². The van der Waals surface area contributed by atoms with Crippen molar-refractivity contribution < 1.29 is 0 Å². The summed E-state index contributed by atoms with van der Waals surface area (Å²) in [6, 6.07) is 68.8. The van der Waals surface area contributed by atoms with Crippen molar-refractivity contribution in [1.82, 2.24) is 29.1 Å². The largest absolute Gasteiger partial charge is 0.309 e. The monoisotopic (exact) mass is 805 g/mol. The van der Waals surface area contributed by atoms with Crippen LogP contribution in [-0.4, -0.2) is 29.1 Å². The van der Waals surface area contributed by atoms with Crippen LogP contribution in [0.25, 0.3) is 99.0 Å². The molecule has 0 bridgehead atoms. The molecule has 13 rings (SSSR count). The summed E-state index contributed by atoms with van der Waals surface area (Å²) < 4.78 is 4.70. The molecule has 5 aromatic heterocycles. The second-order valence-electron chi connectivity index (χ2n) is 15.9. The smallest absolute Gasteiger partial charge is 0.138 e. The zero-order valence-corrected chi connectivity index (χ0v) is 33.8. The van der Waals surface area contributed by atoms with Gasteiger partial charge in [-0.25, -0.2) is 4.98 Å². The minimum atomic E-state index is 0.759. The van der Waals surface area contributed by atoms with Crippen molar-refractivity contribution in [2.75, 3.05) is 4.90 Å². The second-order valence-corrected chi connectivity index (χ2v) is 15.9. The van der Waals surface area contributed by atoms with E-state index in [1.807, 2.05) is 24.4 Å². The van der Waals surface area contributed by atoms with Crippen LogP contribution in [0.3, 0.4) is 0 Å². The van der Waals surface area contributed by atoms with Gasteiger partial charge < -0.3 is 9.13 Å². The Morgan fingerprint density at radius 2 is 0.778 bits per heavy atom. The number of rotatable bonds is 6. The van der Waals surface area contributed by atoms with Crippen molar-refractivity contribution in [1.29, 1.82) is 0 Å². The molecule has 0 amide bonds. The van der Waals surface area contributed by atoms with E-state index in [0.29, 0.717) is 0 Å². The molecular formula is C56H35N7. The molecule has 0 aliphatic carbocycles. The highest BCUT2D eigenvalue weighted by atomic mass is 15.2. The summed E-state index contributed by atoms with van der Waals surface area (Å²) in [5.41, 5.74) is 14.0. The predicted octanol–water partition coefficient (Wildman–Crippen LogP) is 14.1. The third kappa shape index (κ3) is 5.46. The third-order valence-electron chi connectivity index (χ3n) is 12.4. The van der Waals surface area contributed by atoms with Gasteiger partial charge in [0.15, 0.2) is 0 Å². The van der Waals surface area contributed by atoms with Gasteiger partial charge in [-0.05, 0) is 96.6 Å². The number of para-hydroxylation sites is 4. The normalized spacial score (nSPS) is 11.8. The summed E-state index contributed by atoms with van der Waals surface area (Å²) in [5, 5.41) is 6.74. The number of nitrogens with zero attached hydrogens (tertiary/aromatic N) is 7. The van der Waals surface area contributed by atoms with E-state index >= 15 is 0 Å². The molecule has 13 aromatic rings. The van der Waals surface area contributed by atoms with Crippen LogP contribution in [-0.2, 0) is 0 Å². The van der Waals surface area contributed by atoms with Gasteiger partial charge in [-0.15, -0.1) is 0 Å². The standard InChI is InChI=1S/C56H35N7/c1-2-12-36(13-3-1)37-34-47-54-53(57-32-33-58-54)46-30-31-52(60-56(46)55(47)59-35-37)61(38-22-26-40(27-23-38)62-48-18-8-4-14-42(48)43-15-5-9-19-49(43)62)39-24-28-41(29-25-39)63-50-20-10-6-16-44(50)45-17-7-11-21-51(45)63/h1-35H. The average Bonchev–Trinajstić information content (AvgIpc) is 3.88. The first-order valence-electron chi connectivity index (χ1n) is 21.1. The summed E-state index contributed by atoms with van der Waals surface area (Å²) in [4.78, 5) is 22.5. The molecule has 0 radical (unpaired) electrons. The molecule has 5 heterocycles. The van der Waals surface area contributed by atoms with Crippen LogP contribution in [0.15, 0.2) is 213 Å². The van der Waals surface area contributed by atoms with Gasteiger partial charge in [-0.2, -0.15) is 0 Å². The highest BCUT2D eigenvalue weighted by Gasteiger charge is 2.21. The molecule has 7 heteroatoms. The van der Waals surface area contributed by atoms with Gasteiger partial charge in [-0.1, -0.05) is 103 Å². The lowest BCUT2D eigenvalue weighted by Gasteiger charge is -2.25. The number of benzene rings is 8. The van der Waals surface area contributed by atoms with E-state index in [0.717, 1.165) is 72.5 Å². The quantitative estimate of drug-likeness (QED) is 0.157. The van der Waals surface area contributed by atoms with Crippen molar-refractivity contribution >= 4 is 93.6 Å². The Morgan fingerprint density at radius 1 is 0.333 bits per heavy atom. The Labute approximate surface area is 361 Å². The maximum Gasteiger partial charge on any atom is 0.138 e. The molecule has 0 spiro atoms. The first kappa shape index (κ1) is 35.1. The SMILES string of the molecule is c1ccc(-c2cnc3c(c2)c2nccnc2c2ccc(N(c4ccc(-n5c6ccccc6c6ccccc65)cc4)c4ccc(-n5c6ccccc6c6ccccc65)cc4)nc23)cc1. The summed E-state index contributed by atoms with van der Waals surface area (Å²) in [7, 11) is 0. The van der Waals surface area contributed by atoms with E-state index in [4.69, 9.17) is 19.9 Å². The highest BCUT2D eigenvalue weighted by molar-refractivity contribution is 6.21. The lowest BCUT2D eigenvalue weighted by Crippen LogP contribution is -2.12. The Bertz CT molecular complexity index is 3640. The Morgan fingerprint density at radius 3 is 1.29 bits per heavy atom. The molecule has 8 aromatic carbocycles. The first-order chi connectivity index (χ1) is 31.3. The molecule has 0 N–H and O–H groups in total. The zero-order chi connectivity index (χ0) is 41.4. The van der Waals surface area contributed by atoms with Crippen LogP contribution >= 0.6 is 0 Å². The molecule has 0 saturated carbocycles. The molecule has 0 aliphatic rings. The van der Waals surface area contributed by atoms with E-state index in [9.17, 15) is 0 Å². The van der Waals surface area contributed by atoms with E-state index in [1.165, 1.54) is 43.6 Å². The Balaban J connectivity index is 1.00. The molecule has 0 fully saturated rings. The molecule has 294 valence electrons. The second kappa shape index (κ2) is 13.9. The summed E-state index contributed by atoms with van der Waals surface area (Å²) in [6.07, 6.45) is 5.43. The minimum Gasteiger partial charge on any atom is -0.309 e. The summed E-state index contributed by atoms with van der Waals surface area (Å²) in [5.74, 6) is 0.759. The van der Waals surface area contributed by atoms with Gasteiger partial charge in [-0.3, -0.25) is 19.9 Å². The first-order valence-corrected chi connectivity index (χ1v) is 21.1. The highest BCUT2D eigenvalue weighted by Crippen LogP contribution is 2.40. The number of anilines is 3. The number of hydrogen-bond acceptors (Lipinski definition) is 5. The summed E-state index contributed by atoms with van der Waals surface area (Å²) in [6.45, 7) is 0. The van der Waals surface area contributed by atoms with Crippen molar-refractivity contribution in [3.8, 4) is 22.5 Å².